The largest absolute Gasteiger partial charge is 0.378 e. The average molecular weight is 217 g/mol. The van der Waals surface area contributed by atoms with Crippen molar-refractivity contribution in [1.29, 1.82) is 0 Å². The number of hydrogen-bond acceptors (Lipinski definition) is 3. The van der Waals surface area contributed by atoms with E-state index >= 15 is 0 Å². The summed E-state index contributed by atoms with van der Waals surface area (Å²) in [7, 11) is 6.59. The summed E-state index contributed by atoms with van der Waals surface area (Å²) >= 11 is 0. The number of nitrogens with one attached hydrogen (secondary N) is 2. The van der Waals surface area contributed by atoms with E-state index in [1.807, 2.05) is 0 Å². The minimum atomic E-state index is 0.559. The highest BCUT2D eigenvalue weighted by atomic mass is 31.1. The third-order valence-corrected chi connectivity index (χ3v) is 4.58. The van der Waals surface area contributed by atoms with Gasteiger partial charge in [0.2, 0.25) is 7.98 Å². The van der Waals surface area contributed by atoms with Crippen molar-refractivity contribution in [2.45, 2.75) is 11.7 Å². The van der Waals surface area contributed by atoms with Gasteiger partial charge in [0.05, 0.1) is 5.78 Å². The van der Waals surface area contributed by atoms with Crippen LogP contribution in [-0.4, -0.2) is 31.5 Å². The number of para-hydroxylation sites is 1. The van der Waals surface area contributed by atoms with Crippen molar-refractivity contribution in [3.8, 4) is 0 Å². The van der Waals surface area contributed by atoms with Gasteiger partial charge in [-0.2, -0.15) is 0 Å². The summed E-state index contributed by atoms with van der Waals surface area (Å²) in [5.41, 5.74) is 5.96. The summed E-state index contributed by atoms with van der Waals surface area (Å²) < 4.78 is 0. The molecular formula is C10H13BN3P. The van der Waals surface area contributed by atoms with Gasteiger partial charge in [-0.1, -0.05) is 26.8 Å². The van der Waals surface area contributed by atoms with E-state index in [2.05, 4.69) is 35.0 Å². The Balaban J connectivity index is 1.91. The molecule has 0 saturated carbocycles. The first-order valence-electron chi connectivity index (χ1n) is 5.19. The molecule has 0 amide bonds. The van der Waals surface area contributed by atoms with Gasteiger partial charge in [0.1, 0.15) is 0 Å². The van der Waals surface area contributed by atoms with Gasteiger partial charge < -0.3 is 5.32 Å². The van der Waals surface area contributed by atoms with Crippen molar-refractivity contribution in [3.63, 3.8) is 0 Å². The zero-order chi connectivity index (χ0) is 10.3. The average Bonchev–Trinajstić information content (AvgIpc) is 2.51. The van der Waals surface area contributed by atoms with Crippen molar-refractivity contribution in [2.75, 3.05) is 18.1 Å². The first-order valence-corrected chi connectivity index (χ1v) is 6.47. The number of benzene rings is 1. The van der Waals surface area contributed by atoms with Crippen LogP contribution in [0.1, 0.15) is 11.5 Å². The number of nitrogens with zero attached hydrogens (tertiary/aromatic N) is 1. The van der Waals surface area contributed by atoms with Crippen molar-refractivity contribution in [2.24, 2.45) is 0 Å². The van der Waals surface area contributed by atoms with Gasteiger partial charge in [0, 0.05) is 24.4 Å². The second-order valence-corrected chi connectivity index (χ2v) is 5.36. The third-order valence-electron chi connectivity index (χ3n) is 3.07. The Morgan fingerprint density at radius 3 is 3.20 bits per heavy atom. The number of hydrazine groups is 1. The van der Waals surface area contributed by atoms with Crippen LogP contribution in [0.4, 0.5) is 5.69 Å². The smallest absolute Gasteiger partial charge is 0.207 e. The van der Waals surface area contributed by atoms with Gasteiger partial charge in [-0.25, -0.2) is 0 Å². The zero-order valence-corrected chi connectivity index (χ0v) is 9.40. The second kappa shape index (κ2) is 3.78. The lowest BCUT2D eigenvalue weighted by Gasteiger charge is -2.16. The number of rotatable bonds is 0. The van der Waals surface area contributed by atoms with E-state index < -0.39 is 0 Å². The molecule has 1 aromatic carbocycles. The zero-order valence-electron chi connectivity index (χ0n) is 8.40. The Kier molecular flexibility index (Phi) is 2.43. The van der Waals surface area contributed by atoms with Gasteiger partial charge in [0.25, 0.3) is 0 Å². The molecule has 1 saturated heterocycles. The topological polar surface area (TPSA) is 27.3 Å². The van der Waals surface area contributed by atoms with Gasteiger partial charge in [-0.15, -0.1) is 0 Å². The molecule has 2 aliphatic rings. The molecule has 2 radical (unpaired) electrons. The van der Waals surface area contributed by atoms with E-state index in [4.69, 9.17) is 7.98 Å². The van der Waals surface area contributed by atoms with E-state index in [0.29, 0.717) is 11.7 Å². The van der Waals surface area contributed by atoms with Crippen LogP contribution in [0.5, 0.6) is 0 Å². The maximum atomic E-state index is 5.76. The van der Waals surface area contributed by atoms with Crippen LogP contribution >= 0.6 is 8.58 Å². The highest BCUT2D eigenvalue weighted by Gasteiger charge is 2.33. The van der Waals surface area contributed by atoms with Crippen LogP contribution in [0, 0.1) is 0 Å². The van der Waals surface area contributed by atoms with Gasteiger partial charge in [-0.05, 0) is 11.6 Å². The molecule has 3 atom stereocenters. The van der Waals surface area contributed by atoms with E-state index in [-0.39, 0.29) is 0 Å². The van der Waals surface area contributed by atoms with Crippen molar-refractivity contribution < 1.29 is 0 Å². The second-order valence-electron chi connectivity index (χ2n) is 4.01. The highest BCUT2D eigenvalue weighted by Crippen LogP contribution is 2.43. The molecular weight excluding hydrogens is 204 g/mol. The molecule has 2 heterocycles. The molecule has 0 aliphatic carbocycles. The van der Waals surface area contributed by atoms with Crippen molar-refractivity contribution in [1.82, 2.24) is 10.3 Å². The molecule has 15 heavy (non-hydrogen) atoms. The maximum Gasteiger partial charge on any atom is 0.207 e. The van der Waals surface area contributed by atoms with E-state index in [1.165, 1.54) is 11.3 Å². The summed E-state index contributed by atoms with van der Waals surface area (Å²) in [6.07, 6.45) is 0.919. The van der Waals surface area contributed by atoms with Gasteiger partial charge in [-0.3, -0.25) is 10.3 Å². The van der Waals surface area contributed by atoms with Gasteiger partial charge in [0.15, 0.2) is 0 Å². The SMILES string of the molecule is [B]N1CP[C@@H]2Nc3ccccc3[C@@H]2CN1. The van der Waals surface area contributed by atoms with Crippen LogP contribution < -0.4 is 10.7 Å². The van der Waals surface area contributed by atoms with E-state index in [1.54, 1.807) is 4.92 Å². The summed E-state index contributed by atoms with van der Waals surface area (Å²) in [5.74, 6) is 1.12. The predicted molar refractivity (Wildman–Crippen MR) is 65.4 cm³/mol. The van der Waals surface area contributed by atoms with Gasteiger partial charge >= 0.3 is 0 Å². The lowest BCUT2D eigenvalue weighted by atomic mass is 10.0. The highest BCUT2D eigenvalue weighted by molar-refractivity contribution is 7.39. The molecule has 0 bridgehead atoms. The predicted octanol–water partition coefficient (Wildman–Crippen LogP) is 1.06. The van der Waals surface area contributed by atoms with Crippen LogP contribution in [0.3, 0.4) is 0 Å². The number of anilines is 1. The summed E-state index contributed by atoms with van der Waals surface area (Å²) in [4.78, 5) is 1.71. The monoisotopic (exact) mass is 217 g/mol. The fourth-order valence-corrected chi connectivity index (χ4v) is 3.63. The lowest BCUT2D eigenvalue weighted by Crippen LogP contribution is -2.35. The molecule has 2 aliphatic heterocycles. The van der Waals surface area contributed by atoms with Crippen LogP contribution in [0.15, 0.2) is 24.3 Å². The molecule has 1 fully saturated rings. The summed E-state index contributed by atoms with van der Waals surface area (Å²) in [6.45, 7) is 0.929. The molecule has 0 spiro atoms. The third kappa shape index (κ3) is 1.67. The Morgan fingerprint density at radius 2 is 2.27 bits per heavy atom. The number of hydrogen-bond donors (Lipinski definition) is 2. The molecule has 3 nitrogen and oxygen atoms in total. The first-order chi connectivity index (χ1) is 7.34. The molecule has 76 valence electrons. The van der Waals surface area contributed by atoms with Crippen LogP contribution in [0.25, 0.3) is 0 Å². The molecule has 5 heteroatoms. The standard InChI is InChI=1S/C10H13BN3P/c11-14-6-15-10-8(5-12-14)7-3-1-2-4-9(7)13-10/h1-4,8,10,12-13,15H,5-6H2/t8-,10-/m0/s1. The molecule has 3 rings (SSSR count). The lowest BCUT2D eigenvalue weighted by molar-refractivity contribution is 0.378. The minimum absolute atomic E-state index is 0.559. The van der Waals surface area contributed by atoms with Crippen LogP contribution in [-0.2, 0) is 0 Å². The van der Waals surface area contributed by atoms with Crippen LogP contribution in [0.2, 0.25) is 0 Å². The molecule has 1 aromatic rings. The maximum absolute atomic E-state index is 5.76. The van der Waals surface area contributed by atoms with Crippen molar-refractivity contribution >= 4 is 22.2 Å². The normalized spacial score (nSPS) is 31.7. The Hall–Kier alpha value is -0.565. The number of fused-ring (bicyclic) bond motifs is 3. The molecule has 2 N–H and O–H groups in total. The summed E-state index contributed by atoms with van der Waals surface area (Å²) in [6, 6.07) is 8.57. The van der Waals surface area contributed by atoms with Crippen molar-refractivity contribution in [3.05, 3.63) is 29.8 Å². The molecule has 1 unspecified atom stereocenters. The quantitative estimate of drug-likeness (QED) is 0.502. The fraction of sp³-hybridized carbons (Fsp3) is 0.400. The Morgan fingerprint density at radius 1 is 1.40 bits per heavy atom. The fourth-order valence-electron chi connectivity index (χ4n) is 2.29. The Labute approximate surface area is 92.8 Å². The van der Waals surface area contributed by atoms with E-state index in [9.17, 15) is 0 Å². The summed E-state index contributed by atoms with van der Waals surface area (Å²) in [5, 5.41) is 3.59. The first kappa shape index (κ1) is 9.65. The molecule has 0 aromatic heterocycles. The van der Waals surface area contributed by atoms with E-state index in [0.717, 1.165) is 21.4 Å². The minimum Gasteiger partial charge on any atom is -0.378 e. The Bertz CT molecular complexity index is 373.